The minimum Gasteiger partial charge on any atom is -0.425 e. The lowest BCUT2D eigenvalue weighted by molar-refractivity contribution is -0.178. The number of benzene rings is 2. The molecule has 26 heavy (non-hydrogen) atoms. The van der Waals surface area contributed by atoms with E-state index in [1.807, 2.05) is 0 Å². The minimum absolute atomic E-state index is 0.0461. The number of anilines is 1. The van der Waals surface area contributed by atoms with Crippen LogP contribution in [0.1, 0.15) is 35.3 Å². The molecule has 2 rings (SSSR count). The van der Waals surface area contributed by atoms with Gasteiger partial charge < -0.3 is 10.1 Å². The molecule has 0 aliphatic carbocycles. The fourth-order valence-electron chi connectivity index (χ4n) is 2.22. The number of hydrogen-bond acceptors (Lipinski definition) is 3. The van der Waals surface area contributed by atoms with E-state index in [9.17, 15) is 27.2 Å². The molecule has 2 aromatic carbocycles. The summed E-state index contributed by atoms with van der Waals surface area (Å²) in [5, 5.41) is 2.42. The molecular formula is C18H15F4NO3. The lowest BCUT2D eigenvalue weighted by atomic mass is 10.1. The third kappa shape index (κ3) is 4.81. The number of hydrogen-bond donors (Lipinski definition) is 1. The Morgan fingerprint density at radius 1 is 0.962 bits per heavy atom. The Hall–Kier alpha value is -2.90. The maximum atomic E-state index is 14.3. The molecule has 8 heteroatoms. The molecule has 0 saturated heterocycles. The van der Waals surface area contributed by atoms with E-state index in [2.05, 4.69) is 10.1 Å². The molecule has 138 valence electrons. The standard InChI is InChI=1S/C18H15F4NO3/c1-11(24)26-17(2,19)13-6-8-15(9-7-13)23-16(25)12-4-3-5-14(10-12)18(20,21)22/h3-10H,1-2H3,(H,23,25). The molecule has 0 aliphatic rings. The Morgan fingerprint density at radius 2 is 1.58 bits per heavy atom. The van der Waals surface area contributed by atoms with E-state index in [0.29, 0.717) is 0 Å². The van der Waals surface area contributed by atoms with Crippen LogP contribution in [-0.2, 0) is 21.6 Å². The summed E-state index contributed by atoms with van der Waals surface area (Å²) in [6.07, 6.45) is -4.56. The topological polar surface area (TPSA) is 55.4 Å². The van der Waals surface area contributed by atoms with Crippen LogP contribution in [0.4, 0.5) is 23.2 Å². The van der Waals surface area contributed by atoms with Gasteiger partial charge in [-0.05, 0) is 30.3 Å². The van der Waals surface area contributed by atoms with E-state index in [1.54, 1.807) is 0 Å². The summed E-state index contributed by atoms with van der Waals surface area (Å²) < 4.78 is 56.9. The first-order valence-electron chi connectivity index (χ1n) is 7.47. The summed E-state index contributed by atoms with van der Waals surface area (Å²) >= 11 is 0. The monoisotopic (exact) mass is 369 g/mol. The second kappa shape index (κ2) is 7.15. The second-order valence-corrected chi connectivity index (χ2v) is 5.62. The first-order chi connectivity index (χ1) is 12.0. The molecule has 2 aromatic rings. The second-order valence-electron chi connectivity index (χ2n) is 5.62. The van der Waals surface area contributed by atoms with E-state index < -0.39 is 29.5 Å². The molecule has 0 saturated carbocycles. The number of ether oxygens (including phenoxy) is 1. The molecule has 1 unspecified atom stereocenters. The summed E-state index contributed by atoms with van der Waals surface area (Å²) in [6.45, 7) is 2.13. The molecule has 0 heterocycles. The van der Waals surface area contributed by atoms with Crippen molar-refractivity contribution in [3.8, 4) is 0 Å². The van der Waals surface area contributed by atoms with E-state index >= 15 is 0 Å². The SMILES string of the molecule is CC(=O)OC(C)(F)c1ccc(NC(=O)c2cccc(C(F)(F)F)c2)cc1. The molecule has 0 aliphatic heterocycles. The van der Waals surface area contributed by atoms with Gasteiger partial charge in [0.25, 0.3) is 11.8 Å². The lowest BCUT2D eigenvalue weighted by Gasteiger charge is -2.20. The lowest BCUT2D eigenvalue weighted by Crippen LogP contribution is -2.22. The number of carbonyl (C=O) groups is 2. The molecule has 1 atom stereocenters. The van der Waals surface area contributed by atoms with Gasteiger partial charge in [0.05, 0.1) is 5.56 Å². The van der Waals surface area contributed by atoms with Crippen molar-refractivity contribution in [3.63, 3.8) is 0 Å². The minimum atomic E-state index is -4.56. The fraction of sp³-hybridized carbons (Fsp3) is 0.222. The highest BCUT2D eigenvalue weighted by molar-refractivity contribution is 6.04. The number of rotatable bonds is 4. The summed E-state index contributed by atoms with van der Waals surface area (Å²) in [5.74, 6) is -3.88. The van der Waals surface area contributed by atoms with Crippen LogP contribution in [0.25, 0.3) is 0 Å². The molecule has 0 aromatic heterocycles. The van der Waals surface area contributed by atoms with Crippen LogP contribution in [0.15, 0.2) is 48.5 Å². The van der Waals surface area contributed by atoms with Gasteiger partial charge in [0, 0.05) is 30.7 Å². The van der Waals surface area contributed by atoms with Gasteiger partial charge in [-0.15, -0.1) is 0 Å². The van der Waals surface area contributed by atoms with Crippen molar-refractivity contribution in [2.45, 2.75) is 25.9 Å². The van der Waals surface area contributed by atoms with E-state index in [4.69, 9.17) is 0 Å². The average Bonchev–Trinajstić information content (AvgIpc) is 2.53. The molecule has 0 bridgehead atoms. The number of carbonyl (C=O) groups excluding carboxylic acids is 2. The maximum Gasteiger partial charge on any atom is 0.416 e. The summed E-state index contributed by atoms with van der Waals surface area (Å²) in [7, 11) is 0. The summed E-state index contributed by atoms with van der Waals surface area (Å²) in [4.78, 5) is 23.0. The third-order valence-corrected chi connectivity index (χ3v) is 3.45. The molecule has 0 fully saturated rings. The van der Waals surface area contributed by atoms with Gasteiger partial charge in [-0.25, -0.2) is 0 Å². The summed E-state index contributed by atoms with van der Waals surface area (Å²) in [6, 6.07) is 9.28. The zero-order valence-corrected chi connectivity index (χ0v) is 13.9. The Kier molecular flexibility index (Phi) is 5.34. The highest BCUT2D eigenvalue weighted by Gasteiger charge is 2.31. The van der Waals surface area contributed by atoms with Crippen molar-refractivity contribution >= 4 is 17.6 Å². The Labute approximate surface area is 146 Å². The Bertz CT molecular complexity index is 814. The average molecular weight is 369 g/mol. The smallest absolute Gasteiger partial charge is 0.416 e. The van der Waals surface area contributed by atoms with Crippen molar-refractivity contribution < 1.29 is 31.9 Å². The van der Waals surface area contributed by atoms with Gasteiger partial charge >= 0.3 is 12.1 Å². The van der Waals surface area contributed by atoms with Crippen LogP contribution in [-0.4, -0.2) is 11.9 Å². The first-order valence-corrected chi connectivity index (χ1v) is 7.47. The normalized spacial score (nSPS) is 13.6. The van der Waals surface area contributed by atoms with Crippen molar-refractivity contribution in [2.24, 2.45) is 0 Å². The van der Waals surface area contributed by atoms with E-state index in [0.717, 1.165) is 32.0 Å². The van der Waals surface area contributed by atoms with E-state index in [1.165, 1.54) is 30.3 Å². The van der Waals surface area contributed by atoms with Crippen molar-refractivity contribution in [3.05, 3.63) is 65.2 Å². The van der Waals surface area contributed by atoms with Gasteiger partial charge in [-0.2, -0.15) is 17.6 Å². The van der Waals surface area contributed by atoms with Crippen LogP contribution in [0.2, 0.25) is 0 Å². The van der Waals surface area contributed by atoms with Crippen LogP contribution in [0, 0.1) is 0 Å². The zero-order valence-electron chi connectivity index (χ0n) is 13.9. The highest BCUT2D eigenvalue weighted by atomic mass is 19.4. The van der Waals surface area contributed by atoms with Crippen LogP contribution in [0.5, 0.6) is 0 Å². The van der Waals surface area contributed by atoms with Crippen molar-refractivity contribution in [2.75, 3.05) is 5.32 Å². The zero-order chi connectivity index (χ0) is 19.5. The quantitative estimate of drug-likeness (QED) is 0.630. The Morgan fingerprint density at radius 3 is 2.12 bits per heavy atom. The number of halogens is 4. The van der Waals surface area contributed by atoms with Gasteiger partial charge in [0.1, 0.15) is 0 Å². The molecule has 1 amide bonds. The number of nitrogens with one attached hydrogen (secondary N) is 1. The van der Waals surface area contributed by atoms with Crippen molar-refractivity contribution in [1.82, 2.24) is 0 Å². The fourth-order valence-corrected chi connectivity index (χ4v) is 2.22. The predicted octanol–water partition coefficient (Wildman–Crippen LogP) is 4.66. The van der Waals surface area contributed by atoms with Gasteiger partial charge in [0.15, 0.2) is 0 Å². The maximum absolute atomic E-state index is 14.3. The van der Waals surface area contributed by atoms with Gasteiger partial charge in [-0.1, -0.05) is 18.2 Å². The largest absolute Gasteiger partial charge is 0.425 e. The molecule has 0 spiro atoms. The van der Waals surface area contributed by atoms with Crippen molar-refractivity contribution in [1.29, 1.82) is 0 Å². The first kappa shape index (κ1) is 19.4. The van der Waals surface area contributed by atoms with Crippen LogP contribution in [0.3, 0.4) is 0 Å². The molecule has 1 N–H and O–H groups in total. The molecule has 0 radical (unpaired) electrons. The number of amides is 1. The van der Waals surface area contributed by atoms with Crippen LogP contribution < -0.4 is 5.32 Å². The molecule has 4 nitrogen and oxygen atoms in total. The summed E-state index contributed by atoms with van der Waals surface area (Å²) in [5.41, 5.74) is -0.811. The van der Waals surface area contributed by atoms with Crippen LogP contribution >= 0.6 is 0 Å². The Balaban J connectivity index is 2.14. The molecular weight excluding hydrogens is 354 g/mol. The number of alkyl halides is 4. The van der Waals surface area contributed by atoms with Gasteiger partial charge in [-0.3, -0.25) is 9.59 Å². The third-order valence-electron chi connectivity index (χ3n) is 3.45. The van der Waals surface area contributed by atoms with Gasteiger partial charge in [0.2, 0.25) is 0 Å². The number of esters is 1. The predicted molar refractivity (Wildman–Crippen MR) is 86.1 cm³/mol. The highest BCUT2D eigenvalue weighted by Crippen LogP contribution is 2.30. The van der Waals surface area contributed by atoms with E-state index in [-0.39, 0.29) is 16.8 Å².